The van der Waals surface area contributed by atoms with Crippen molar-refractivity contribution in [3.63, 3.8) is 0 Å². The molecule has 0 fully saturated rings. The molecule has 1 aliphatic heterocycles. The summed E-state index contributed by atoms with van der Waals surface area (Å²) in [4.78, 5) is 12.6. The Hall–Kier alpha value is -3.86. The molecule has 0 saturated heterocycles. The summed E-state index contributed by atoms with van der Waals surface area (Å²) in [5, 5.41) is 0. The van der Waals surface area contributed by atoms with Crippen LogP contribution in [0.15, 0.2) is 84.6 Å². The first-order valence-corrected chi connectivity index (χ1v) is 9.40. The van der Waals surface area contributed by atoms with Crippen LogP contribution in [0.1, 0.15) is 21.5 Å². The molecule has 0 spiro atoms. The van der Waals surface area contributed by atoms with Crippen molar-refractivity contribution in [3.8, 4) is 17.2 Å². The lowest BCUT2D eigenvalue weighted by molar-refractivity contribution is 0.101. The van der Waals surface area contributed by atoms with Crippen LogP contribution >= 0.6 is 0 Å². The van der Waals surface area contributed by atoms with Crippen molar-refractivity contribution in [1.82, 2.24) is 0 Å². The van der Waals surface area contributed by atoms with Crippen LogP contribution in [0.5, 0.6) is 17.2 Å². The number of Topliss-reactive ketones (excluding diaryl/α,β-unsaturated/α-hetero) is 1. The number of carbonyl (C=O) groups excluding carboxylic acids is 1. The van der Waals surface area contributed by atoms with E-state index < -0.39 is 0 Å². The predicted molar refractivity (Wildman–Crippen MR) is 112 cm³/mol. The van der Waals surface area contributed by atoms with Gasteiger partial charge in [-0.1, -0.05) is 48.6 Å². The molecular weight excluding hydrogens is 383 g/mol. The minimum atomic E-state index is -0.322. The van der Waals surface area contributed by atoms with Crippen molar-refractivity contribution < 1.29 is 23.4 Å². The fraction of sp³-hybridized carbons (Fsp3) is 0.0800. The first-order valence-electron chi connectivity index (χ1n) is 9.40. The summed E-state index contributed by atoms with van der Waals surface area (Å²) in [7, 11) is 1.61. The second kappa shape index (κ2) is 8.66. The first kappa shape index (κ1) is 19.5. The van der Waals surface area contributed by atoms with E-state index in [1.54, 1.807) is 55.7 Å². The van der Waals surface area contributed by atoms with E-state index >= 15 is 0 Å². The molecule has 150 valence electrons. The average molecular weight is 402 g/mol. The Morgan fingerprint density at radius 2 is 1.83 bits per heavy atom. The van der Waals surface area contributed by atoms with Crippen molar-refractivity contribution in [1.29, 1.82) is 0 Å². The lowest BCUT2D eigenvalue weighted by atomic mass is 10.1. The molecule has 0 unspecified atom stereocenters. The number of fused-ring (bicyclic) bond motifs is 1. The van der Waals surface area contributed by atoms with E-state index in [2.05, 4.69) is 0 Å². The van der Waals surface area contributed by atoms with Gasteiger partial charge in [0.2, 0.25) is 5.78 Å². The summed E-state index contributed by atoms with van der Waals surface area (Å²) in [5.41, 5.74) is 1.81. The molecule has 0 bridgehead atoms. The van der Waals surface area contributed by atoms with E-state index in [4.69, 9.17) is 14.2 Å². The zero-order valence-corrected chi connectivity index (χ0v) is 16.3. The lowest BCUT2D eigenvalue weighted by Gasteiger charge is -2.08. The second-order valence-corrected chi connectivity index (χ2v) is 6.60. The van der Waals surface area contributed by atoms with Crippen molar-refractivity contribution in [2.45, 2.75) is 6.61 Å². The van der Waals surface area contributed by atoms with Gasteiger partial charge in [0.15, 0.2) is 5.76 Å². The number of hydrogen-bond acceptors (Lipinski definition) is 4. The van der Waals surface area contributed by atoms with Crippen LogP contribution in [0.25, 0.3) is 6.08 Å². The van der Waals surface area contributed by atoms with Crippen molar-refractivity contribution in [3.05, 3.63) is 107 Å². The quantitative estimate of drug-likeness (QED) is 0.505. The van der Waals surface area contributed by atoms with Gasteiger partial charge in [0.1, 0.15) is 29.7 Å². The van der Waals surface area contributed by atoms with Gasteiger partial charge in [-0.2, -0.15) is 0 Å². The van der Waals surface area contributed by atoms with Gasteiger partial charge in [-0.25, -0.2) is 4.39 Å². The largest absolute Gasteiger partial charge is 0.496 e. The van der Waals surface area contributed by atoms with Gasteiger partial charge in [-0.05, 0) is 30.3 Å². The van der Waals surface area contributed by atoms with Crippen molar-refractivity contribution >= 4 is 11.9 Å². The van der Waals surface area contributed by atoms with Gasteiger partial charge in [0, 0.05) is 17.2 Å². The molecular formula is C25H19FO4. The van der Waals surface area contributed by atoms with Gasteiger partial charge in [-0.3, -0.25) is 4.79 Å². The lowest BCUT2D eigenvalue weighted by Crippen LogP contribution is -1.98. The van der Waals surface area contributed by atoms with E-state index in [1.165, 1.54) is 6.07 Å². The van der Waals surface area contributed by atoms with Gasteiger partial charge in [0.25, 0.3) is 0 Å². The Morgan fingerprint density at radius 3 is 2.67 bits per heavy atom. The molecule has 30 heavy (non-hydrogen) atoms. The normalized spacial score (nSPS) is 14.1. The van der Waals surface area contributed by atoms with Crippen molar-refractivity contribution in [2.75, 3.05) is 7.11 Å². The molecule has 3 aromatic carbocycles. The molecule has 0 atom stereocenters. The molecule has 0 N–H and O–H groups in total. The van der Waals surface area contributed by atoms with Crippen molar-refractivity contribution in [2.24, 2.45) is 0 Å². The standard InChI is InChI=1S/C25H19FO4/c1-28-22-11-5-3-7-17(22)9-6-12-23-25(27)20-14-13-19(15-24(20)30-23)29-16-18-8-2-4-10-21(18)26/h2-15H,16H2,1H3/b9-6+,23-12-. The fourth-order valence-electron chi connectivity index (χ4n) is 3.09. The highest BCUT2D eigenvalue weighted by molar-refractivity contribution is 6.12. The maximum Gasteiger partial charge on any atom is 0.231 e. The maximum absolute atomic E-state index is 13.7. The van der Waals surface area contributed by atoms with Crippen LogP contribution in [0, 0.1) is 5.82 Å². The molecule has 0 radical (unpaired) electrons. The molecule has 3 aromatic rings. The Bertz CT molecular complexity index is 1150. The number of ether oxygens (including phenoxy) is 3. The Kier molecular flexibility index (Phi) is 5.61. The Labute approximate surface area is 173 Å². The Morgan fingerprint density at radius 1 is 1.03 bits per heavy atom. The zero-order valence-electron chi connectivity index (χ0n) is 16.3. The molecule has 1 heterocycles. The molecule has 0 aliphatic carbocycles. The predicted octanol–water partition coefficient (Wildman–Crippen LogP) is 5.59. The summed E-state index contributed by atoms with van der Waals surface area (Å²) in [6, 6.07) is 19.0. The number of hydrogen-bond donors (Lipinski definition) is 0. The highest BCUT2D eigenvalue weighted by Crippen LogP contribution is 2.34. The molecule has 0 aromatic heterocycles. The number of ketones is 1. The van der Waals surface area contributed by atoms with Crippen LogP contribution in [-0.2, 0) is 6.61 Å². The maximum atomic E-state index is 13.7. The van der Waals surface area contributed by atoms with E-state index in [9.17, 15) is 9.18 Å². The zero-order chi connectivity index (χ0) is 20.9. The van der Waals surface area contributed by atoms with E-state index in [0.29, 0.717) is 22.6 Å². The number of methoxy groups -OCH3 is 1. The number of rotatable bonds is 6. The smallest absolute Gasteiger partial charge is 0.231 e. The van der Waals surface area contributed by atoms with Crippen LogP contribution in [0.3, 0.4) is 0 Å². The first-order chi connectivity index (χ1) is 14.7. The molecule has 0 saturated carbocycles. The molecule has 5 heteroatoms. The molecule has 4 rings (SSSR count). The monoisotopic (exact) mass is 402 g/mol. The van der Waals surface area contributed by atoms with Gasteiger partial charge < -0.3 is 14.2 Å². The van der Waals surface area contributed by atoms with Gasteiger partial charge in [0.05, 0.1) is 12.7 Å². The van der Waals surface area contributed by atoms with Crippen LogP contribution in [0.4, 0.5) is 4.39 Å². The van der Waals surface area contributed by atoms with Crippen LogP contribution in [-0.4, -0.2) is 12.9 Å². The summed E-state index contributed by atoms with van der Waals surface area (Å²) in [6.45, 7) is 0.0871. The Balaban J connectivity index is 1.47. The van der Waals surface area contributed by atoms with E-state index in [-0.39, 0.29) is 24.0 Å². The second-order valence-electron chi connectivity index (χ2n) is 6.60. The number of para-hydroxylation sites is 1. The van der Waals surface area contributed by atoms with E-state index in [1.807, 2.05) is 30.3 Å². The number of carbonyl (C=O) groups is 1. The molecule has 4 nitrogen and oxygen atoms in total. The third kappa shape index (κ3) is 4.10. The number of halogens is 1. The summed E-state index contributed by atoms with van der Waals surface area (Å²) in [5.74, 6) is 1.36. The highest BCUT2D eigenvalue weighted by atomic mass is 19.1. The summed E-state index contributed by atoms with van der Waals surface area (Å²) >= 11 is 0. The summed E-state index contributed by atoms with van der Waals surface area (Å²) in [6.07, 6.45) is 5.20. The topological polar surface area (TPSA) is 44.8 Å². The molecule has 1 aliphatic rings. The summed E-state index contributed by atoms with van der Waals surface area (Å²) < 4.78 is 30.4. The minimum absolute atomic E-state index is 0.0871. The number of allylic oxidation sites excluding steroid dienone is 3. The number of benzene rings is 3. The van der Waals surface area contributed by atoms with Gasteiger partial charge >= 0.3 is 0 Å². The third-order valence-electron chi connectivity index (χ3n) is 4.66. The van der Waals surface area contributed by atoms with Gasteiger partial charge in [-0.15, -0.1) is 0 Å². The SMILES string of the molecule is COc1ccccc1/C=C/C=C1\Oc2cc(OCc3ccccc3F)ccc2C1=O. The molecule has 0 amide bonds. The van der Waals surface area contributed by atoms with Crippen LogP contribution in [0.2, 0.25) is 0 Å². The average Bonchev–Trinajstić information content (AvgIpc) is 3.08. The van der Waals surface area contributed by atoms with E-state index in [0.717, 1.165) is 11.3 Å². The van der Waals surface area contributed by atoms with Crippen LogP contribution < -0.4 is 14.2 Å². The minimum Gasteiger partial charge on any atom is -0.496 e. The highest BCUT2D eigenvalue weighted by Gasteiger charge is 2.27. The third-order valence-corrected chi connectivity index (χ3v) is 4.66. The fourth-order valence-corrected chi connectivity index (χ4v) is 3.09.